The molecule has 2 N–H and O–H groups in total. The minimum Gasteiger partial charge on any atom is -0.393 e. The summed E-state index contributed by atoms with van der Waals surface area (Å²) in [5.41, 5.74) is 2.01. The first kappa shape index (κ1) is 26.7. The standard InChI is InChI=1S/C31H54O3/c1-20(11-10-15-27(2,3)34-9)21-12-17-31(8)26(21)22(32)19-24-29(6)16-14-25(33)28(4,5)23(29)13-18-30(24,31)7/h11,21-26,32-33H,10,12-19H2,1-9H3/b20-11+/t21-,22-,23+,24-,25+,26+,29+,30-,31-/m1/s1. The van der Waals surface area contributed by atoms with E-state index in [-0.39, 0.29) is 39.5 Å². The van der Waals surface area contributed by atoms with Crippen LogP contribution in [0.1, 0.15) is 113 Å². The van der Waals surface area contributed by atoms with Crippen LogP contribution < -0.4 is 0 Å². The number of aliphatic hydroxyl groups excluding tert-OH is 2. The van der Waals surface area contributed by atoms with Gasteiger partial charge in [0.15, 0.2) is 0 Å². The van der Waals surface area contributed by atoms with Crippen molar-refractivity contribution in [2.24, 2.45) is 45.3 Å². The summed E-state index contributed by atoms with van der Waals surface area (Å²) in [7, 11) is 1.80. The van der Waals surface area contributed by atoms with E-state index in [0.29, 0.717) is 23.7 Å². The minimum atomic E-state index is -0.222. The number of rotatable bonds is 5. The second-order valence-corrected chi connectivity index (χ2v) is 14.8. The largest absolute Gasteiger partial charge is 0.393 e. The molecule has 4 saturated carbocycles. The van der Waals surface area contributed by atoms with E-state index >= 15 is 0 Å². The highest BCUT2D eigenvalue weighted by atomic mass is 16.5. The second-order valence-electron chi connectivity index (χ2n) is 14.8. The van der Waals surface area contributed by atoms with Gasteiger partial charge in [-0.25, -0.2) is 0 Å². The zero-order chi connectivity index (χ0) is 25.3. The number of methoxy groups -OCH3 is 1. The first-order valence-corrected chi connectivity index (χ1v) is 14.2. The van der Waals surface area contributed by atoms with Gasteiger partial charge in [-0.3, -0.25) is 0 Å². The van der Waals surface area contributed by atoms with Gasteiger partial charge >= 0.3 is 0 Å². The van der Waals surface area contributed by atoms with Crippen molar-refractivity contribution < 1.29 is 14.9 Å². The summed E-state index contributed by atoms with van der Waals surface area (Å²) in [5.74, 6) is 1.94. The molecule has 0 aromatic heterocycles. The van der Waals surface area contributed by atoms with Crippen LogP contribution in [0.3, 0.4) is 0 Å². The summed E-state index contributed by atoms with van der Waals surface area (Å²) in [6, 6.07) is 0. The normalized spacial score (nSPS) is 48.7. The topological polar surface area (TPSA) is 49.7 Å². The fraction of sp³-hybridized carbons (Fsp3) is 0.935. The summed E-state index contributed by atoms with van der Waals surface area (Å²) in [5, 5.41) is 22.7. The van der Waals surface area contributed by atoms with Crippen molar-refractivity contribution in [3.8, 4) is 0 Å². The maximum Gasteiger partial charge on any atom is 0.0625 e. The highest BCUT2D eigenvalue weighted by molar-refractivity contribution is 5.22. The monoisotopic (exact) mass is 474 g/mol. The lowest BCUT2D eigenvalue weighted by Gasteiger charge is -2.70. The summed E-state index contributed by atoms with van der Waals surface area (Å²) < 4.78 is 5.63. The number of aliphatic hydroxyl groups is 2. The molecule has 4 rings (SSSR count). The molecule has 0 bridgehead atoms. The van der Waals surface area contributed by atoms with E-state index in [4.69, 9.17) is 4.74 Å². The van der Waals surface area contributed by atoms with Crippen molar-refractivity contribution in [3.05, 3.63) is 11.6 Å². The lowest BCUT2D eigenvalue weighted by molar-refractivity contribution is -0.240. The number of ether oxygens (including phenoxy) is 1. The first-order valence-electron chi connectivity index (χ1n) is 14.2. The molecule has 3 heteroatoms. The zero-order valence-electron chi connectivity index (χ0n) is 23.7. The summed E-state index contributed by atoms with van der Waals surface area (Å²) in [6.45, 7) is 18.9. The van der Waals surface area contributed by atoms with Gasteiger partial charge in [-0.05, 0) is 124 Å². The molecule has 34 heavy (non-hydrogen) atoms. The Hall–Kier alpha value is -0.380. The van der Waals surface area contributed by atoms with Gasteiger partial charge in [0.2, 0.25) is 0 Å². The lowest BCUT2D eigenvalue weighted by atomic mass is 9.35. The number of hydrogen-bond donors (Lipinski definition) is 2. The van der Waals surface area contributed by atoms with Crippen LogP contribution in [0.15, 0.2) is 11.6 Å². The third-order valence-electron chi connectivity index (χ3n) is 12.7. The Morgan fingerprint density at radius 3 is 2.24 bits per heavy atom. The molecular weight excluding hydrogens is 420 g/mol. The van der Waals surface area contributed by atoms with E-state index < -0.39 is 0 Å². The zero-order valence-corrected chi connectivity index (χ0v) is 23.7. The Kier molecular flexibility index (Phi) is 6.74. The Labute approximate surface area is 210 Å². The van der Waals surface area contributed by atoms with Gasteiger partial charge in [-0.2, -0.15) is 0 Å². The van der Waals surface area contributed by atoms with Crippen molar-refractivity contribution in [1.29, 1.82) is 0 Å². The summed E-state index contributed by atoms with van der Waals surface area (Å²) in [6.07, 6.45) is 12.0. The third kappa shape index (κ3) is 3.77. The molecule has 4 fully saturated rings. The van der Waals surface area contributed by atoms with E-state index in [1.807, 2.05) is 0 Å². The highest BCUT2D eigenvalue weighted by Crippen LogP contribution is 2.75. The van der Waals surface area contributed by atoms with Gasteiger partial charge in [0.05, 0.1) is 17.8 Å². The van der Waals surface area contributed by atoms with Gasteiger partial charge in [0.1, 0.15) is 0 Å². The Morgan fingerprint density at radius 1 is 0.941 bits per heavy atom. The van der Waals surface area contributed by atoms with Gasteiger partial charge in [0, 0.05) is 7.11 Å². The molecule has 4 aliphatic rings. The molecule has 0 heterocycles. The van der Waals surface area contributed by atoms with Crippen LogP contribution in [0.25, 0.3) is 0 Å². The molecule has 0 saturated heterocycles. The van der Waals surface area contributed by atoms with Crippen LogP contribution in [0.5, 0.6) is 0 Å². The Bertz CT molecular complexity index is 798. The average Bonchev–Trinajstić information content (AvgIpc) is 3.13. The number of allylic oxidation sites excluding steroid dienone is 2. The summed E-state index contributed by atoms with van der Waals surface area (Å²) in [4.78, 5) is 0. The molecule has 0 amide bonds. The molecule has 9 atom stereocenters. The van der Waals surface area contributed by atoms with Crippen LogP contribution in [0.4, 0.5) is 0 Å². The molecule has 0 radical (unpaired) electrons. The van der Waals surface area contributed by atoms with Crippen LogP contribution in [-0.4, -0.2) is 35.1 Å². The van der Waals surface area contributed by atoms with E-state index in [1.165, 1.54) is 31.3 Å². The molecule has 0 spiro atoms. The third-order valence-corrected chi connectivity index (χ3v) is 12.7. The highest BCUT2D eigenvalue weighted by Gasteiger charge is 2.70. The average molecular weight is 475 g/mol. The van der Waals surface area contributed by atoms with Crippen LogP contribution in [0.2, 0.25) is 0 Å². The van der Waals surface area contributed by atoms with Gasteiger partial charge < -0.3 is 14.9 Å². The van der Waals surface area contributed by atoms with Crippen molar-refractivity contribution >= 4 is 0 Å². The fourth-order valence-corrected chi connectivity index (χ4v) is 10.2. The maximum absolute atomic E-state index is 11.8. The first-order chi connectivity index (χ1) is 15.6. The number of hydrogen-bond acceptors (Lipinski definition) is 3. The molecular formula is C31H54O3. The van der Waals surface area contributed by atoms with E-state index in [0.717, 1.165) is 32.1 Å². The van der Waals surface area contributed by atoms with Crippen molar-refractivity contribution in [2.75, 3.05) is 7.11 Å². The van der Waals surface area contributed by atoms with Gasteiger partial charge in [-0.15, -0.1) is 0 Å². The molecule has 0 aromatic carbocycles. The molecule has 3 nitrogen and oxygen atoms in total. The van der Waals surface area contributed by atoms with Gasteiger partial charge in [0.25, 0.3) is 0 Å². The van der Waals surface area contributed by atoms with Gasteiger partial charge in [-0.1, -0.05) is 46.3 Å². The number of fused-ring (bicyclic) bond motifs is 5. The predicted molar refractivity (Wildman–Crippen MR) is 140 cm³/mol. The summed E-state index contributed by atoms with van der Waals surface area (Å²) >= 11 is 0. The maximum atomic E-state index is 11.8. The lowest BCUT2D eigenvalue weighted by Crippen LogP contribution is -2.66. The Morgan fingerprint density at radius 2 is 1.59 bits per heavy atom. The quantitative estimate of drug-likeness (QED) is 0.416. The Balaban J connectivity index is 1.61. The second kappa shape index (κ2) is 8.59. The van der Waals surface area contributed by atoms with Crippen molar-refractivity contribution in [2.45, 2.75) is 131 Å². The SMILES string of the molecule is COC(C)(C)CC/C=C(\C)[C@H]1CC[C@]2(C)[C@@H]1[C@H](O)C[C@@H]1[C@@]3(C)CC[C@H](O)C(C)(C)[C@@H]3CC[C@]12C. The van der Waals surface area contributed by atoms with E-state index in [9.17, 15) is 10.2 Å². The molecule has 196 valence electrons. The molecule has 0 aromatic rings. The van der Waals surface area contributed by atoms with Crippen LogP contribution in [0, 0.1) is 45.3 Å². The predicted octanol–water partition coefficient (Wildman–Crippen LogP) is 7.15. The van der Waals surface area contributed by atoms with Crippen molar-refractivity contribution in [1.82, 2.24) is 0 Å². The molecule has 0 unspecified atom stereocenters. The van der Waals surface area contributed by atoms with E-state index in [2.05, 4.69) is 61.5 Å². The minimum absolute atomic E-state index is 0.0371. The smallest absolute Gasteiger partial charge is 0.0625 e. The molecule has 0 aliphatic heterocycles. The van der Waals surface area contributed by atoms with E-state index in [1.54, 1.807) is 7.11 Å². The van der Waals surface area contributed by atoms with Crippen LogP contribution >= 0.6 is 0 Å². The van der Waals surface area contributed by atoms with Crippen molar-refractivity contribution in [3.63, 3.8) is 0 Å². The fourth-order valence-electron chi connectivity index (χ4n) is 10.2. The van der Waals surface area contributed by atoms with Crippen LogP contribution in [-0.2, 0) is 4.74 Å². The molecule has 4 aliphatic carbocycles.